The normalized spacial score (nSPS) is 23.6. The third kappa shape index (κ3) is 9.67. The van der Waals surface area contributed by atoms with Gasteiger partial charge in [0.15, 0.2) is 18.3 Å². The van der Waals surface area contributed by atoms with Gasteiger partial charge in [-0.3, -0.25) is 28.2 Å². The molecule has 2 fully saturated rings. The molecule has 16 heteroatoms. The van der Waals surface area contributed by atoms with Crippen molar-refractivity contribution in [3.8, 4) is 16.9 Å². The van der Waals surface area contributed by atoms with Gasteiger partial charge < -0.3 is 38.8 Å². The highest BCUT2D eigenvalue weighted by atomic mass is 32.2. The summed E-state index contributed by atoms with van der Waals surface area (Å²) in [5.74, 6) is -4.31. The number of carbonyl (C=O) groups is 5. The molecule has 2 heterocycles. The summed E-state index contributed by atoms with van der Waals surface area (Å²) in [6, 6.07) is 24.6. The van der Waals surface area contributed by atoms with Crippen LogP contribution in [0.15, 0.2) is 97.1 Å². The first-order chi connectivity index (χ1) is 28.1. The Hall–Kier alpha value is -5.97. The van der Waals surface area contributed by atoms with Crippen molar-refractivity contribution in [3.63, 3.8) is 0 Å². The largest absolute Gasteiger partial charge is 0.508 e. The molecule has 14 nitrogen and oxygen atoms in total. The van der Waals surface area contributed by atoms with E-state index in [1.165, 1.54) is 42.2 Å². The Kier molecular flexibility index (Phi) is 13.2. The van der Waals surface area contributed by atoms with Crippen LogP contribution in [0.5, 0.6) is 5.75 Å². The summed E-state index contributed by atoms with van der Waals surface area (Å²) in [5.41, 5.74) is 2.81. The second-order valence-electron chi connectivity index (χ2n) is 14.0. The molecule has 2 unspecified atom stereocenters. The minimum atomic E-state index is -1.91. The van der Waals surface area contributed by atoms with Crippen LogP contribution in [0.4, 0.5) is 10.1 Å². The van der Waals surface area contributed by atoms with Crippen LogP contribution >= 0.6 is 0 Å². The molecule has 0 aliphatic carbocycles. The maximum Gasteiger partial charge on any atom is 0.303 e. The molecule has 2 saturated heterocycles. The summed E-state index contributed by atoms with van der Waals surface area (Å²) in [4.78, 5) is 63.5. The van der Waals surface area contributed by atoms with Crippen LogP contribution in [0.25, 0.3) is 11.1 Å². The highest BCUT2D eigenvalue weighted by Gasteiger charge is 2.54. The fraction of sp³-hybridized carbons (Fsp3) is 0.326. The van der Waals surface area contributed by atoms with Crippen LogP contribution in [0.3, 0.4) is 0 Å². The topological polar surface area (TPSA) is 192 Å². The number of benzene rings is 4. The second kappa shape index (κ2) is 18.3. The van der Waals surface area contributed by atoms with Crippen LogP contribution in [0.1, 0.15) is 62.6 Å². The molecule has 1 amide bonds. The number of amides is 1. The number of carbonyl (C=O) groups excluding carboxylic acids is 5. The van der Waals surface area contributed by atoms with Crippen LogP contribution in [-0.2, 0) is 58.5 Å². The van der Waals surface area contributed by atoms with E-state index >= 15 is 0 Å². The summed E-state index contributed by atoms with van der Waals surface area (Å²) in [7, 11) is -1.91. The predicted molar refractivity (Wildman–Crippen MR) is 209 cm³/mol. The van der Waals surface area contributed by atoms with E-state index < -0.39 is 94.3 Å². The lowest BCUT2D eigenvalue weighted by Gasteiger charge is -2.47. The number of aliphatic hydroxyl groups is 1. The van der Waals surface area contributed by atoms with Crippen molar-refractivity contribution in [2.75, 3.05) is 17.3 Å². The van der Waals surface area contributed by atoms with Crippen LogP contribution in [-0.4, -0.2) is 86.2 Å². The number of esters is 4. The van der Waals surface area contributed by atoms with Crippen LogP contribution < -0.4 is 4.90 Å². The predicted octanol–water partition coefficient (Wildman–Crippen LogP) is 4.94. The Balaban J connectivity index is 1.29. The minimum absolute atomic E-state index is 0.189. The molecule has 0 aromatic heterocycles. The number of nitrogens with zero attached hydrogens (tertiary/aromatic N) is 1. The summed E-state index contributed by atoms with van der Waals surface area (Å²) < 4.78 is 55.3. The lowest BCUT2D eigenvalue weighted by atomic mass is 9.88. The van der Waals surface area contributed by atoms with Gasteiger partial charge in [-0.05, 0) is 52.6 Å². The maximum absolute atomic E-state index is 13.8. The van der Waals surface area contributed by atoms with Gasteiger partial charge in [0, 0.05) is 49.7 Å². The molecule has 2 aliphatic heterocycles. The molecule has 4 aromatic carbocycles. The number of para-hydroxylation sites is 1. The highest BCUT2D eigenvalue weighted by molar-refractivity contribution is 7.86. The van der Waals surface area contributed by atoms with Crippen molar-refractivity contribution < 1.29 is 66.5 Å². The number of phenolic OH excluding ortho intramolecular Hbond substituents is 1. The fourth-order valence-corrected chi connectivity index (χ4v) is 8.88. The SMILES string of the molecule is CC(=O)OC[C@H]1OC(c2ccc(-c3ccc([C@@H]4[C@@H](S(=O)C[C@H](O)c5ccc(F)cc5)C(=O)N4c4ccccc4)c(O)c3)cc2)[C@H](OC(C)=O)[C@@H](OC(C)=O)[C@@H]1OC(C)=O. The average Bonchev–Trinajstić information content (AvgIpc) is 3.18. The Morgan fingerprint density at radius 2 is 1.37 bits per heavy atom. The van der Waals surface area contributed by atoms with Gasteiger partial charge in [0.2, 0.25) is 5.91 Å². The van der Waals surface area contributed by atoms with Crippen molar-refractivity contribution in [2.24, 2.45) is 0 Å². The average molecular weight is 832 g/mol. The molecule has 0 bridgehead atoms. The molecule has 6 rings (SSSR count). The molecule has 4 aromatic rings. The monoisotopic (exact) mass is 831 g/mol. The van der Waals surface area contributed by atoms with Gasteiger partial charge in [-0.1, -0.05) is 66.7 Å². The molecule has 2 N–H and O–H groups in total. The fourth-order valence-electron chi connectivity index (χ4n) is 7.27. The van der Waals surface area contributed by atoms with Crippen LogP contribution in [0, 0.1) is 5.82 Å². The first-order valence-corrected chi connectivity index (χ1v) is 19.9. The zero-order valence-electron chi connectivity index (χ0n) is 32.4. The summed E-state index contributed by atoms with van der Waals surface area (Å²) in [6.07, 6.45) is -7.41. The van der Waals surface area contributed by atoms with Crippen molar-refractivity contribution in [1.29, 1.82) is 0 Å². The number of hydrogen-bond acceptors (Lipinski definition) is 13. The lowest BCUT2D eigenvalue weighted by Crippen LogP contribution is -2.61. The van der Waals surface area contributed by atoms with Gasteiger partial charge in [-0.2, -0.15) is 0 Å². The molecule has 0 spiro atoms. The van der Waals surface area contributed by atoms with Crippen molar-refractivity contribution in [3.05, 3.63) is 120 Å². The van der Waals surface area contributed by atoms with Crippen LogP contribution in [0.2, 0.25) is 0 Å². The molecule has 9 atom stereocenters. The molecule has 310 valence electrons. The first-order valence-electron chi connectivity index (χ1n) is 18.6. The molecule has 59 heavy (non-hydrogen) atoms. The van der Waals surface area contributed by atoms with E-state index in [2.05, 4.69) is 0 Å². The molecular weight excluding hydrogens is 790 g/mol. The zero-order chi connectivity index (χ0) is 42.5. The number of hydrogen-bond donors (Lipinski definition) is 2. The smallest absolute Gasteiger partial charge is 0.303 e. The van der Waals surface area contributed by atoms with Crippen molar-refractivity contribution in [1.82, 2.24) is 0 Å². The number of β-lactam (4-membered cyclic amide) rings is 1. The molecule has 2 aliphatic rings. The van der Waals surface area contributed by atoms with Gasteiger partial charge in [-0.15, -0.1) is 0 Å². The molecular formula is C43H42FNO13S. The third-order valence-electron chi connectivity index (χ3n) is 9.85. The minimum Gasteiger partial charge on any atom is -0.508 e. The van der Waals surface area contributed by atoms with E-state index in [-0.39, 0.29) is 18.1 Å². The van der Waals surface area contributed by atoms with E-state index in [0.29, 0.717) is 33.5 Å². The quantitative estimate of drug-likeness (QED) is 0.105. The number of halogens is 1. The summed E-state index contributed by atoms with van der Waals surface area (Å²) >= 11 is 0. The van der Waals surface area contributed by atoms with Gasteiger partial charge in [0.05, 0.1) is 17.9 Å². The number of ether oxygens (including phenoxy) is 5. The molecule has 0 radical (unpaired) electrons. The second-order valence-corrected chi connectivity index (χ2v) is 15.6. The Bertz CT molecular complexity index is 2220. The zero-order valence-corrected chi connectivity index (χ0v) is 33.2. The number of phenols is 1. The van der Waals surface area contributed by atoms with E-state index in [1.807, 2.05) is 0 Å². The Morgan fingerprint density at radius 3 is 1.97 bits per heavy atom. The van der Waals surface area contributed by atoms with Gasteiger partial charge in [0.1, 0.15) is 35.6 Å². The van der Waals surface area contributed by atoms with E-state index in [1.54, 1.807) is 66.7 Å². The number of rotatable bonds is 13. The Morgan fingerprint density at radius 1 is 0.780 bits per heavy atom. The number of anilines is 1. The molecule has 0 saturated carbocycles. The standard InChI is InChI=1S/C43H42FNO13S/c1-23(46)54-21-36-39(55-24(2)47)41(57-26(4)49)40(56-25(3)48)38(58-36)29-12-10-27(11-13-29)30-16-19-33(34(50)20-30)37-42(43(52)45(37)32-8-6-5-7-9-32)59(53)22-35(51)28-14-17-31(44)18-15-28/h5-20,35-42,50-51H,21-22H2,1-4H3/t35-,36+,37+,38?,39+,40-,41-,42+,59?/m0/s1. The van der Waals surface area contributed by atoms with E-state index in [9.17, 15) is 42.8 Å². The number of aliphatic hydroxyl groups excluding tert-OH is 1. The maximum atomic E-state index is 13.8. The lowest BCUT2D eigenvalue weighted by molar-refractivity contribution is -0.254. The van der Waals surface area contributed by atoms with Crippen molar-refractivity contribution in [2.45, 2.75) is 75.6 Å². The van der Waals surface area contributed by atoms with Gasteiger partial charge >= 0.3 is 23.9 Å². The van der Waals surface area contributed by atoms with Gasteiger partial charge in [-0.25, -0.2) is 4.39 Å². The van der Waals surface area contributed by atoms with E-state index in [0.717, 1.165) is 20.8 Å². The van der Waals surface area contributed by atoms with E-state index in [4.69, 9.17) is 23.7 Å². The highest BCUT2D eigenvalue weighted by Crippen LogP contribution is 2.46. The number of aromatic hydroxyl groups is 1. The summed E-state index contributed by atoms with van der Waals surface area (Å²) in [6.45, 7) is 4.23. The van der Waals surface area contributed by atoms with Gasteiger partial charge in [0.25, 0.3) is 0 Å². The Labute approximate surface area is 341 Å². The third-order valence-corrected chi connectivity index (χ3v) is 11.5. The summed E-state index contributed by atoms with van der Waals surface area (Å²) in [5, 5.41) is 21.2. The van der Waals surface area contributed by atoms with Crippen molar-refractivity contribution >= 4 is 46.3 Å². The first kappa shape index (κ1) is 42.6.